The fourth-order valence-electron chi connectivity index (χ4n) is 3.69. The summed E-state index contributed by atoms with van der Waals surface area (Å²) in [6.07, 6.45) is 7.62. The van der Waals surface area contributed by atoms with Crippen molar-refractivity contribution in [3.05, 3.63) is 54.1 Å². The number of ether oxygens (including phenoxy) is 1. The number of hydrogen-bond acceptors (Lipinski definition) is 6. The van der Waals surface area contributed by atoms with Crippen molar-refractivity contribution >= 4 is 17.5 Å². The highest BCUT2D eigenvalue weighted by molar-refractivity contribution is 6.09. The number of carbonyl (C=O) groups excluding carboxylic acids is 1. The molecule has 0 spiro atoms. The van der Waals surface area contributed by atoms with Crippen LogP contribution in [0.1, 0.15) is 28.9 Å². The molecule has 5 heterocycles. The number of fused-ring (bicyclic) bond motifs is 1. The Bertz CT molecular complexity index is 1010. The SMILES string of the molecule is COc1ccc(N2Cc3nn(-c4ccc(N5CCCC5)nc4)cc3C2=O)nc1. The van der Waals surface area contributed by atoms with Crippen LogP contribution in [0, 0.1) is 0 Å². The molecule has 142 valence electrons. The van der Waals surface area contributed by atoms with Gasteiger partial charge in [0.2, 0.25) is 0 Å². The van der Waals surface area contributed by atoms with Crippen molar-refractivity contribution in [1.82, 2.24) is 19.7 Å². The second-order valence-corrected chi connectivity index (χ2v) is 6.95. The second kappa shape index (κ2) is 6.63. The Morgan fingerprint density at radius 1 is 1.00 bits per heavy atom. The third-order valence-electron chi connectivity index (χ3n) is 5.23. The second-order valence-electron chi connectivity index (χ2n) is 6.95. The van der Waals surface area contributed by atoms with Crippen LogP contribution in [0.5, 0.6) is 5.75 Å². The van der Waals surface area contributed by atoms with E-state index >= 15 is 0 Å². The summed E-state index contributed by atoms with van der Waals surface area (Å²) in [4.78, 5) is 25.6. The Labute approximate surface area is 162 Å². The number of amides is 1. The van der Waals surface area contributed by atoms with Gasteiger partial charge in [-0.25, -0.2) is 14.6 Å². The van der Waals surface area contributed by atoms with Gasteiger partial charge in [-0.3, -0.25) is 9.69 Å². The third kappa shape index (κ3) is 2.77. The smallest absolute Gasteiger partial charge is 0.263 e. The number of methoxy groups -OCH3 is 1. The number of carbonyl (C=O) groups is 1. The highest BCUT2D eigenvalue weighted by atomic mass is 16.5. The molecule has 3 aromatic heterocycles. The largest absolute Gasteiger partial charge is 0.495 e. The zero-order valence-corrected chi connectivity index (χ0v) is 15.6. The van der Waals surface area contributed by atoms with Gasteiger partial charge in [-0.15, -0.1) is 0 Å². The maximum atomic E-state index is 12.8. The van der Waals surface area contributed by atoms with Crippen molar-refractivity contribution in [3.63, 3.8) is 0 Å². The Morgan fingerprint density at radius 3 is 2.43 bits per heavy atom. The Morgan fingerprint density at radius 2 is 1.79 bits per heavy atom. The molecule has 0 bridgehead atoms. The van der Waals surface area contributed by atoms with E-state index in [1.807, 2.05) is 18.3 Å². The average molecular weight is 376 g/mol. The molecule has 0 atom stereocenters. The molecular weight excluding hydrogens is 356 g/mol. The molecule has 5 rings (SSSR count). The van der Waals surface area contributed by atoms with Crippen LogP contribution >= 0.6 is 0 Å². The van der Waals surface area contributed by atoms with Crippen LogP contribution < -0.4 is 14.5 Å². The van der Waals surface area contributed by atoms with Crippen molar-refractivity contribution in [2.24, 2.45) is 0 Å². The molecule has 8 heteroatoms. The summed E-state index contributed by atoms with van der Waals surface area (Å²) in [7, 11) is 1.59. The zero-order valence-electron chi connectivity index (χ0n) is 15.6. The van der Waals surface area contributed by atoms with E-state index in [2.05, 4.69) is 20.0 Å². The molecule has 0 saturated carbocycles. The van der Waals surface area contributed by atoms with E-state index in [1.165, 1.54) is 12.8 Å². The van der Waals surface area contributed by atoms with Gasteiger partial charge in [0.05, 0.1) is 43.0 Å². The molecular formula is C20H20N6O2. The summed E-state index contributed by atoms with van der Waals surface area (Å²) in [6, 6.07) is 7.58. The van der Waals surface area contributed by atoms with Crippen LogP contribution in [0.2, 0.25) is 0 Å². The summed E-state index contributed by atoms with van der Waals surface area (Å²) < 4.78 is 6.84. The summed E-state index contributed by atoms with van der Waals surface area (Å²) in [6.45, 7) is 2.53. The van der Waals surface area contributed by atoms with Gasteiger partial charge >= 0.3 is 0 Å². The zero-order chi connectivity index (χ0) is 19.1. The molecule has 0 unspecified atom stereocenters. The lowest BCUT2D eigenvalue weighted by molar-refractivity contribution is 0.0995. The van der Waals surface area contributed by atoms with Gasteiger partial charge in [-0.2, -0.15) is 5.10 Å². The first-order chi connectivity index (χ1) is 13.7. The van der Waals surface area contributed by atoms with Crippen LogP contribution in [0.15, 0.2) is 42.9 Å². The minimum atomic E-state index is -0.0967. The van der Waals surface area contributed by atoms with Crippen LogP contribution in [0.4, 0.5) is 11.6 Å². The lowest BCUT2D eigenvalue weighted by Crippen LogP contribution is -2.24. The molecule has 0 N–H and O–H groups in total. The highest BCUT2D eigenvalue weighted by Crippen LogP contribution is 2.28. The van der Waals surface area contributed by atoms with Crippen molar-refractivity contribution in [2.45, 2.75) is 19.4 Å². The molecule has 2 aliphatic rings. The van der Waals surface area contributed by atoms with Gasteiger partial charge in [-0.05, 0) is 37.1 Å². The number of nitrogens with zero attached hydrogens (tertiary/aromatic N) is 6. The van der Waals surface area contributed by atoms with Gasteiger partial charge in [0.25, 0.3) is 5.91 Å². The Balaban J connectivity index is 1.36. The molecule has 3 aromatic rings. The molecule has 28 heavy (non-hydrogen) atoms. The van der Waals surface area contributed by atoms with E-state index < -0.39 is 0 Å². The van der Waals surface area contributed by atoms with E-state index in [-0.39, 0.29) is 5.91 Å². The molecule has 0 aromatic carbocycles. The van der Waals surface area contributed by atoms with Crippen LogP contribution in [-0.2, 0) is 6.54 Å². The lowest BCUT2D eigenvalue weighted by atomic mass is 10.3. The summed E-state index contributed by atoms with van der Waals surface area (Å²) in [5.41, 5.74) is 2.19. The summed E-state index contributed by atoms with van der Waals surface area (Å²) in [5.74, 6) is 2.14. The number of anilines is 2. The number of hydrogen-bond donors (Lipinski definition) is 0. The summed E-state index contributed by atoms with van der Waals surface area (Å²) in [5, 5.41) is 4.60. The fraction of sp³-hybridized carbons (Fsp3) is 0.300. The van der Waals surface area contributed by atoms with Crippen LogP contribution in [-0.4, -0.2) is 45.9 Å². The van der Waals surface area contributed by atoms with Gasteiger partial charge in [0.1, 0.15) is 17.4 Å². The molecule has 1 amide bonds. The molecule has 1 fully saturated rings. The molecule has 2 aliphatic heterocycles. The molecule has 0 aliphatic carbocycles. The first-order valence-electron chi connectivity index (χ1n) is 9.35. The van der Waals surface area contributed by atoms with E-state index in [4.69, 9.17) is 4.74 Å². The van der Waals surface area contributed by atoms with Crippen LogP contribution in [0.25, 0.3) is 5.69 Å². The predicted molar refractivity (Wildman–Crippen MR) is 104 cm³/mol. The van der Waals surface area contributed by atoms with Crippen molar-refractivity contribution < 1.29 is 9.53 Å². The monoisotopic (exact) mass is 376 g/mol. The number of pyridine rings is 2. The molecule has 1 saturated heterocycles. The van der Waals surface area contributed by atoms with E-state index in [0.29, 0.717) is 23.7 Å². The van der Waals surface area contributed by atoms with Crippen molar-refractivity contribution in [2.75, 3.05) is 30.0 Å². The topological polar surface area (TPSA) is 76.4 Å². The fourth-order valence-corrected chi connectivity index (χ4v) is 3.69. The molecule has 8 nitrogen and oxygen atoms in total. The predicted octanol–water partition coefficient (Wildman–Crippen LogP) is 2.43. The minimum Gasteiger partial charge on any atom is -0.495 e. The quantitative estimate of drug-likeness (QED) is 0.696. The van der Waals surface area contributed by atoms with Crippen molar-refractivity contribution in [3.8, 4) is 11.4 Å². The highest BCUT2D eigenvalue weighted by Gasteiger charge is 2.32. The van der Waals surface area contributed by atoms with Gasteiger partial charge in [-0.1, -0.05) is 0 Å². The van der Waals surface area contributed by atoms with Crippen molar-refractivity contribution in [1.29, 1.82) is 0 Å². The van der Waals surface area contributed by atoms with E-state index in [9.17, 15) is 4.79 Å². The van der Waals surface area contributed by atoms with E-state index in [1.54, 1.807) is 41.2 Å². The van der Waals surface area contributed by atoms with Gasteiger partial charge < -0.3 is 9.64 Å². The minimum absolute atomic E-state index is 0.0967. The molecule has 0 radical (unpaired) electrons. The standard InChI is InChI=1S/C20H20N6O2/c1-28-15-5-7-19(22-11-15)25-13-17-16(20(25)27)12-26(23-17)14-4-6-18(21-10-14)24-8-2-3-9-24/h4-7,10-12H,2-3,8-9,13H2,1H3. The van der Waals surface area contributed by atoms with E-state index in [0.717, 1.165) is 30.3 Å². The maximum absolute atomic E-state index is 12.8. The Hall–Kier alpha value is -3.42. The number of rotatable bonds is 4. The lowest BCUT2D eigenvalue weighted by Gasteiger charge is -2.16. The maximum Gasteiger partial charge on any atom is 0.263 e. The Kier molecular flexibility index (Phi) is 3.96. The summed E-state index contributed by atoms with van der Waals surface area (Å²) >= 11 is 0. The van der Waals surface area contributed by atoms with Gasteiger partial charge in [0, 0.05) is 19.3 Å². The van der Waals surface area contributed by atoms with Gasteiger partial charge in [0.15, 0.2) is 0 Å². The normalized spacial score (nSPS) is 16.0. The third-order valence-corrected chi connectivity index (χ3v) is 5.23. The first-order valence-corrected chi connectivity index (χ1v) is 9.35. The average Bonchev–Trinajstić information content (AvgIpc) is 3.47. The first kappa shape index (κ1) is 16.7. The number of aromatic nitrogens is 4. The van der Waals surface area contributed by atoms with Crippen LogP contribution in [0.3, 0.4) is 0 Å².